The van der Waals surface area contributed by atoms with Gasteiger partial charge in [0.1, 0.15) is 5.75 Å². The van der Waals surface area contributed by atoms with Crippen molar-refractivity contribution in [3.63, 3.8) is 0 Å². The molecule has 0 unspecified atom stereocenters. The van der Waals surface area contributed by atoms with Gasteiger partial charge in [-0.2, -0.15) is 0 Å². The first-order chi connectivity index (χ1) is 8.99. The molecule has 2 rings (SSSR count). The van der Waals surface area contributed by atoms with Gasteiger partial charge >= 0.3 is 0 Å². The average molecular weight is 324 g/mol. The molecule has 0 aliphatic carbocycles. The van der Waals surface area contributed by atoms with Crippen molar-refractivity contribution in [2.24, 2.45) is 0 Å². The second-order valence-electron chi connectivity index (χ2n) is 4.84. The van der Waals surface area contributed by atoms with Crippen LogP contribution in [0.1, 0.15) is 19.5 Å². The molecule has 0 radical (unpaired) electrons. The molecule has 0 saturated carbocycles. The van der Waals surface area contributed by atoms with E-state index in [9.17, 15) is 0 Å². The van der Waals surface area contributed by atoms with E-state index in [4.69, 9.17) is 4.74 Å². The average Bonchev–Trinajstić information content (AvgIpc) is 2.89. The highest BCUT2D eigenvalue weighted by Crippen LogP contribution is 2.29. The Hall–Kier alpha value is -1.33. The zero-order valence-electron chi connectivity index (χ0n) is 11.6. The fraction of sp³-hybridized carbons (Fsp3) is 0.357. The maximum Gasteiger partial charge on any atom is 0.135 e. The van der Waals surface area contributed by atoms with Gasteiger partial charge in [0.25, 0.3) is 0 Å². The Balaban J connectivity index is 2.52. The Labute approximate surface area is 121 Å². The number of imidazole rings is 1. The van der Waals surface area contributed by atoms with E-state index in [1.807, 2.05) is 37.8 Å². The highest BCUT2D eigenvalue weighted by atomic mass is 79.9. The molecule has 1 aromatic heterocycles. The Morgan fingerprint density at radius 1 is 1.37 bits per heavy atom. The van der Waals surface area contributed by atoms with E-state index in [0.717, 1.165) is 21.6 Å². The smallest absolute Gasteiger partial charge is 0.135 e. The van der Waals surface area contributed by atoms with Gasteiger partial charge in [0, 0.05) is 6.07 Å². The van der Waals surface area contributed by atoms with Gasteiger partial charge in [-0.15, -0.1) is 0 Å². The number of rotatable bonds is 4. The van der Waals surface area contributed by atoms with Crippen LogP contribution in [0, 0.1) is 0 Å². The summed E-state index contributed by atoms with van der Waals surface area (Å²) in [7, 11) is 3.61. The summed E-state index contributed by atoms with van der Waals surface area (Å²) in [6.45, 7) is 4.24. The fourth-order valence-corrected chi connectivity index (χ4v) is 2.30. The number of aromatic nitrogens is 2. The maximum absolute atomic E-state index is 5.34. The first kappa shape index (κ1) is 14.1. The zero-order valence-corrected chi connectivity index (χ0v) is 13.2. The van der Waals surface area contributed by atoms with E-state index in [1.54, 1.807) is 7.11 Å². The van der Waals surface area contributed by atoms with Crippen molar-refractivity contribution in [3.8, 4) is 11.4 Å². The largest absolute Gasteiger partial charge is 0.495 e. The molecule has 0 aliphatic rings. The van der Waals surface area contributed by atoms with Crippen LogP contribution in [0.4, 0.5) is 0 Å². The van der Waals surface area contributed by atoms with Crippen molar-refractivity contribution >= 4 is 15.9 Å². The Kier molecular flexibility index (Phi) is 3.96. The summed E-state index contributed by atoms with van der Waals surface area (Å²) >= 11 is 3.46. The van der Waals surface area contributed by atoms with Crippen LogP contribution in [-0.4, -0.2) is 23.7 Å². The molecule has 1 heterocycles. The highest BCUT2D eigenvalue weighted by molar-refractivity contribution is 9.10. The second kappa shape index (κ2) is 5.35. The molecule has 0 spiro atoms. The lowest BCUT2D eigenvalue weighted by Crippen LogP contribution is -2.35. The second-order valence-corrected chi connectivity index (χ2v) is 5.70. The minimum atomic E-state index is -0.156. The van der Waals surface area contributed by atoms with Crippen LogP contribution < -0.4 is 10.1 Å². The van der Waals surface area contributed by atoms with Crippen LogP contribution >= 0.6 is 15.9 Å². The number of halogens is 1. The molecule has 1 N–H and O–H groups in total. The topological polar surface area (TPSA) is 39.1 Å². The van der Waals surface area contributed by atoms with Crippen molar-refractivity contribution in [3.05, 3.63) is 40.9 Å². The van der Waals surface area contributed by atoms with E-state index >= 15 is 0 Å². The van der Waals surface area contributed by atoms with Gasteiger partial charge < -0.3 is 14.6 Å². The summed E-state index contributed by atoms with van der Waals surface area (Å²) in [6, 6.07) is 5.99. The molecule has 5 heteroatoms. The van der Waals surface area contributed by atoms with E-state index in [2.05, 4.69) is 44.6 Å². The summed E-state index contributed by atoms with van der Waals surface area (Å²) in [5.74, 6) is 0.805. The molecule has 0 aliphatic heterocycles. The van der Waals surface area contributed by atoms with Gasteiger partial charge in [0.05, 0.1) is 41.0 Å². The fourth-order valence-electron chi connectivity index (χ4n) is 1.89. The van der Waals surface area contributed by atoms with Gasteiger partial charge in [-0.3, -0.25) is 0 Å². The summed E-state index contributed by atoms with van der Waals surface area (Å²) in [5.41, 5.74) is 1.96. The first-order valence-electron chi connectivity index (χ1n) is 6.05. The Morgan fingerprint density at radius 2 is 2.11 bits per heavy atom. The molecule has 0 bridgehead atoms. The molecule has 2 aromatic rings. The predicted molar refractivity (Wildman–Crippen MR) is 79.9 cm³/mol. The van der Waals surface area contributed by atoms with Gasteiger partial charge in [-0.05, 0) is 49.0 Å². The third-order valence-electron chi connectivity index (χ3n) is 3.32. The lowest BCUT2D eigenvalue weighted by molar-refractivity contribution is 0.410. The molecule has 0 saturated heterocycles. The maximum atomic E-state index is 5.34. The predicted octanol–water partition coefficient (Wildman–Crippen LogP) is 3.10. The molecule has 0 amide bonds. The van der Waals surface area contributed by atoms with Crippen molar-refractivity contribution in [2.45, 2.75) is 19.4 Å². The van der Waals surface area contributed by atoms with Crippen molar-refractivity contribution in [1.29, 1.82) is 0 Å². The van der Waals surface area contributed by atoms with Crippen molar-refractivity contribution in [1.82, 2.24) is 14.9 Å². The zero-order chi connectivity index (χ0) is 14.0. The highest BCUT2D eigenvalue weighted by Gasteiger charge is 2.23. The number of ether oxygens (including phenoxy) is 1. The standard InChI is InChI=1S/C14H18BrN3O/c1-14(2,16-3)13-8-17-9-18(13)10-5-6-11(15)12(7-10)19-4/h5-9,16H,1-4H3. The number of nitrogens with zero attached hydrogens (tertiary/aromatic N) is 2. The van der Waals surface area contributed by atoms with Gasteiger partial charge in [-0.1, -0.05) is 0 Å². The molecule has 102 valence electrons. The van der Waals surface area contributed by atoms with Gasteiger partial charge in [-0.25, -0.2) is 4.98 Å². The normalized spacial score (nSPS) is 11.6. The quantitative estimate of drug-likeness (QED) is 0.939. The van der Waals surface area contributed by atoms with Crippen molar-refractivity contribution in [2.75, 3.05) is 14.2 Å². The first-order valence-corrected chi connectivity index (χ1v) is 6.84. The molecule has 0 atom stereocenters. The molecule has 1 aromatic carbocycles. The SMILES string of the molecule is CNC(C)(C)c1cncn1-c1ccc(Br)c(OC)c1. The minimum absolute atomic E-state index is 0.156. The van der Waals surface area contributed by atoms with Crippen molar-refractivity contribution < 1.29 is 4.74 Å². The monoisotopic (exact) mass is 323 g/mol. The van der Waals surface area contributed by atoms with E-state index in [1.165, 1.54) is 0 Å². The Bertz CT molecular complexity index is 578. The number of hydrogen-bond acceptors (Lipinski definition) is 3. The number of hydrogen-bond donors (Lipinski definition) is 1. The molecular weight excluding hydrogens is 306 g/mol. The van der Waals surface area contributed by atoms with Gasteiger partial charge in [0.15, 0.2) is 0 Å². The van der Waals surface area contributed by atoms with Crippen LogP contribution in [0.5, 0.6) is 5.75 Å². The van der Waals surface area contributed by atoms with Crippen LogP contribution in [-0.2, 0) is 5.54 Å². The number of nitrogens with one attached hydrogen (secondary N) is 1. The Morgan fingerprint density at radius 3 is 2.74 bits per heavy atom. The summed E-state index contributed by atoms with van der Waals surface area (Å²) in [6.07, 6.45) is 3.70. The van der Waals surface area contributed by atoms with Crippen LogP contribution in [0.25, 0.3) is 5.69 Å². The lowest BCUT2D eigenvalue weighted by Gasteiger charge is -2.25. The third-order valence-corrected chi connectivity index (χ3v) is 3.97. The van der Waals surface area contributed by atoms with Crippen LogP contribution in [0.2, 0.25) is 0 Å². The lowest BCUT2D eigenvalue weighted by atomic mass is 10.0. The molecule has 0 fully saturated rings. The van der Waals surface area contributed by atoms with E-state index in [0.29, 0.717) is 0 Å². The number of methoxy groups -OCH3 is 1. The molecular formula is C14H18BrN3O. The van der Waals surface area contributed by atoms with Crippen LogP contribution in [0.15, 0.2) is 35.2 Å². The van der Waals surface area contributed by atoms with E-state index in [-0.39, 0.29) is 5.54 Å². The molecule has 4 nitrogen and oxygen atoms in total. The third kappa shape index (κ3) is 2.67. The van der Waals surface area contributed by atoms with E-state index < -0.39 is 0 Å². The summed E-state index contributed by atoms with van der Waals surface area (Å²) < 4.78 is 8.34. The summed E-state index contributed by atoms with van der Waals surface area (Å²) in [4.78, 5) is 4.26. The van der Waals surface area contributed by atoms with Gasteiger partial charge in [0.2, 0.25) is 0 Å². The minimum Gasteiger partial charge on any atom is -0.495 e. The summed E-state index contributed by atoms with van der Waals surface area (Å²) in [5, 5.41) is 3.29. The number of benzene rings is 1. The molecule has 19 heavy (non-hydrogen) atoms. The van der Waals surface area contributed by atoms with Crippen LogP contribution in [0.3, 0.4) is 0 Å².